The number of anilines is 1. The standard InChI is InChI=1S/C26H33N3O/c1-18-10-24(27-23-5-3-2-4-22(18)23)28-6-8-29(9-7-28)25(30)17-26-14-19-11-20(15-26)13-21(12-19)16-26/h2-5,10,19-21H,6-9,11-17H2,1H3. The molecule has 5 aliphatic rings. The number of fused-ring (bicyclic) bond motifs is 1. The number of pyridine rings is 1. The summed E-state index contributed by atoms with van der Waals surface area (Å²) in [4.78, 5) is 22.6. The average molecular weight is 404 g/mol. The van der Waals surface area contributed by atoms with Gasteiger partial charge < -0.3 is 9.80 Å². The van der Waals surface area contributed by atoms with Crippen LogP contribution in [-0.4, -0.2) is 42.0 Å². The monoisotopic (exact) mass is 403 g/mol. The molecule has 1 saturated heterocycles. The number of hydrogen-bond acceptors (Lipinski definition) is 3. The van der Waals surface area contributed by atoms with E-state index in [2.05, 4.69) is 47.1 Å². The molecule has 30 heavy (non-hydrogen) atoms. The van der Waals surface area contributed by atoms with Crippen LogP contribution in [0.3, 0.4) is 0 Å². The smallest absolute Gasteiger partial charge is 0.223 e. The lowest BCUT2D eigenvalue weighted by molar-refractivity contribution is -0.139. The Morgan fingerprint density at radius 3 is 2.30 bits per heavy atom. The quantitative estimate of drug-likeness (QED) is 0.739. The van der Waals surface area contributed by atoms with Crippen molar-refractivity contribution in [3.8, 4) is 0 Å². The van der Waals surface area contributed by atoms with E-state index in [-0.39, 0.29) is 0 Å². The fraction of sp³-hybridized carbons (Fsp3) is 0.615. The van der Waals surface area contributed by atoms with Gasteiger partial charge in [-0.3, -0.25) is 4.79 Å². The van der Waals surface area contributed by atoms with E-state index in [1.54, 1.807) is 0 Å². The maximum absolute atomic E-state index is 13.2. The number of aromatic nitrogens is 1. The number of carbonyl (C=O) groups excluding carboxylic acids is 1. The number of nitrogens with zero attached hydrogens (tertiary/aromatic N) is 3. The molecule has 7 rings (SSSR count). The van der Waals surface area contributed by atoms with E-state index >= 15 is 0 Å². The fourth-order valence-corrected chi connectivity index (χ4v) is 7.62. The highest BCUT2D eigenvalue weighted by molar-refractivity contribution is 5.84. The van der Waals surface area contributed by atoms with Gasteiger partial charge in [0.25, 0.3) is 0 Å². The lowest BCUT2D eigenvalue weighted by Crippen LogP contribution is -2.52. The van der Waals surface area contributed by atoms with Crippen molar-refractivity contribution in [2.45, 2.75) is 51.9 Å². The highest BCUT2D eigenvalue weighted by Crippen LogP contribution is 2.61. The first-order chi connectivity index (χ1) is 14.6. The van der Waals surface area contributed by atoms with E-state index in [1.165, 1.54) is 49.5 Å². The Morgan fingerprint density at radius 1 is 1.00 bits per heavy atom. The number of piperazine rings is 1. The number of aryl methyl sites for hydroxylation is 1. The molecule has 0 atom stereocenters. The molecular weight excluding hydrogens is 370 g/mol. The lowest BCUT2D eigenvalue weighted by atomic mass is 9.49. The van der Waals surface area contributed by atoms with Crippen molar-refractivity contribution >= 4 is 22.6 Å². The molecule has 4 heteroatoms. The number of para-hydroxylation sites is 1. The Kier molecular flexibility index (Phi) is 4.33. The van der Waals surface area contributed by atoms with Gasteiger partial charge in [0.1, 0.15) is 5.82 Å². The third-order valence-electron chi connectivity index (χ3n) is 8.56. The Morgan fingerprint density at radius 2 is 1.63 bits per heavy atom. The van der Waals surface area contributed by atoms with E-state index in [0.29, 0.717) is 11.3 Å². The minimum absolute atomic E-state index is 0.347. The van der Waals surface area contributed by atoms with E-state index in [9.17, 15) is 4.79 Å². The van der Waals surface area contributed by atoms with Crippen LogP contribution in [0.5, 0.6) is 0 Å². The molecule has 0 radical (unpaired) electrons. The van der Waals surface area contributed by atoms with Crippen LogP contribution < -0.4 is 4.90 Å². The first kappa shape index (κ1) is 18.7. The fourth-order valence-electron chi connectivity index (χ4n) is 7.62. The molecule has 1 aliphatic heterocycles. The number of rotatable bonds is 3. The van der Waals surface area contributed by atoms with Crippen molar-refractivity contribution in [2.24, 2.45) is 23.2 Å². The van der Waals surface area contributed by atoms with Gasteiger partial charge in [0, 0.05) is 38.0 Å². The first-order valence-electron chi connectivity index (χ1n) is 12.0. The molecule has 5 fully saturated rings. The Bertz CT molecular complexity index is 940. The Balaban J connectivity index is 1.11. The van der Waals surface area contributed by atoms with Gasteiger partial charge in [0.2, 0.25) is 5.91 Å². The molecule has 4 aliphatic carbocycles. The summed E-state index contributed by atoms with van der Waals surface area (Å²) in [7, 11) is 0. The normalized spacial score (nSPS) is 32.8. The molecule has 0 unspecified atom stereocenters. The predicted molar refractivity (Wildman–Crippen MR) is 120 cm³/mol. The number of amides is 1. The molecule has 4 bridgehead atoms. The maximum atomic E-state index is 13.2. The van der Waals surface area contributed by atoms with Gasteiger partial charge in [0.05, 0.1) is 5.52 Å². The number of carbonyl (C=O) groups is 1. The lowest BCUT2D eigenvalue weighted by Gasteiger charge is -2.57. The molecular formula is C26H33N3O. The second-order valence-corrected chi connectivity index (χ2v) is 10.8. The Labute approximate surface area is 179 Å². The zero-order valence-corrected chi connectivity index (χ0v) is 18.1. The molecule has 0 spiro atoms. The van der Waals surface area contributed by atoms with E-state index in [1.807, 2.05) is 0 Å². The van der Waals surface area contributed by atoms with Crippen LogP contribution in [0.4, 0.5) is 5.82 Å². The van der Waals surface area contributed by atoms with Crippen molar-refractivity contribution in [3.05, 3.63) is 35.9 Å². The molecule has 1 aromatic carbocycles. The predicted octanol–water partition coefficient (Wildman–Crippen LogP) is 4.80. The van der Waals surface area contributed by atoms with Crippen LogP contribution in [0.1, 0.15) is 50.5 Å². The van der Waals surface area contributed by atoms with Gasteiger partial charge in [0.15, 0.2) is 0 Å². The minimum Gasteiger partial charge on any atom is -0.353 e. The van der Waals surface area contributed by atoms with Crippen molar-refractivity contribution in [2.75, 3.05) is 31.1 Å². The molecule has 0 N–H and O–H groups in total. The Hall–Kier alpha value is -2.10. The summed E-state index contributed by atoms with van der Waals surface area (Å²) in [6.45, 7) is 5.60. The van der Waals surface area contributed by atoms with Crippen LogP contribution in [0.25, 0.3) is 10.9 Å². The van der Waals surface area contributed by atoms with Gasteiger partial charge in [-0.15, -0.1) is 0 Å². The minimum atomic E-state index is 0.347. The highest BCUT2D eigenvalue weighted by Gasteiger charge is 2.51. The van der Waals surface area contributed by atoms with Gasteiger partial charge >= 0.3 is 0 Å². The summed E-state index contributed by atoms with van der Waals surface area (Å²) >= 11 is 0. The average Bonchev–Trinajstić information content (AvgIpc) is 2.72. The third-order valence-corrected chi connectivity index (χ3v) is 8.56. The zero-order valence-electron chi connectivity index (χ0n) is 18.1. The SMILES string of the molecule is Cc1cc(N2CCN(C(=O)CC34CC5CC(CC(C5)C3)C4)CC2)nc2ccccc12. The largest absolute Gasteiger partial charge is 0.353 e. The molecule has 1 aromatic heterocycles. The second kappa shape index (κ2) is 6.96. The third kappa shape index (κ3) is 3.19. The van der Waals surface area contributed by atoms with Crippen molar-refractivity contribution < 1.29 is 4.79 Å². The molecule has 2 heterocycles. The second-order valence-electron chi connectivity index (χ2n) is 10.8. The summed E-state index contributed by atoms with van der Waals surface area (Å²) in [5.74, 6) is 4.23. The van der Waals surface area contributed by atoms with Gasteiger partial charge in [-0.25, -0.2) is 4.98 Å². The summed E-state index contributed by atoms with van der Waals surface area (Å²) in [6.07, 6.45) is 9.13. The summed E-state index contributed by atoms with van der Waals surface area (Å²) in [6, 6.07) is 10.6. The van der Waals surface area contributed by atoms with Crippen LogP contribution in [-0.2, 0) is 4.79 Å². The molecule has 4 nitrogen and oxygen atoms in total. The van der Waals surface area contributed by atoms with Crippen molar-refractivity contribution in [1.29, 1.82) is 0 Å². The summed E-state index contributed by atoms with van der Waals surface area (Å²) in [5.41, 5.74) is 2.68. The molecule has 1 amide bonds. The zero-order chi connectivity index (χ0) is 20.3. The number of hydrogen-bond donors (Lipinski definition) is 0. The van der Waals surface area contributed by atoms with Crippen LogP contribution in [0.2, 0.25) is 0 Å². The summed E-state index contributed by atoms with van der Waals surface area (Å²) in [5, 5.41) is 1.23. The first-order valence-corrected chi connectivity index (χ1v) is 12.0. The van der Waals surface area contributed by atoms with E-state index in [4.69, 9.17) is 4.98 Å². The maximum Gasteiger partial charge on any atom is 0.223 e. The molecule has 158 valence electrons. The summed E-state index contributed by atoms with van der Waals surface area (Å²) < 4.78 is 0. The molecule has 4 saturated carbocycles. The number of benzene rings is 1. The van der Waals surface area contributed by atoms with Crippen LogP contribution >= 0.6 is 0 Å². The van der Waals surface area contributed by atoms with Crippen LogP contribution in [0, 0.1) is 30.1 Å². The topological polar surface area (TPSA) is 36.4 Å². The van der Waals surface area contributed by atoms with Gasteiger partial charge in [-0.1, -0.05) is 18.2 Å². The van der Waals surface area contributed by atoms with Gasteiger partial charge in [-0.05, 0) is 86.3 Å². The van der Waals surface area contributed by atoms with Gasteiger partial charge in [-0.2, -0.15) is 0 Å². The van der Waals surface area contributed by atoms with Crippen molar-refractivity contribution in [3.63, 3.8) is 0 Å². The highest BCUT2D eigenvalue weighted by atomic mass is 16.2. The van der Waals surface area contributed by atoms with Crippen molar-refractivity contribution in [1.82, 2.24) is 9.88 Å². The molecule has 2 aromatic rings. The van der Waals surface area contributed by atoms with E-state index < -0.39 is 0 Å². The van der Waals surface area contributed by atoms with Crippen LogP contribution in [0.15, 0.2) is 30.3 Å². The van der Waals surface area contributed by atoms with E-state index in [0.717, 1.165) is 61.7 Å².